The number of amides is 1. The van der Waals surface area contributed by atoms with Gasteiger partial charge in [-0.3, -0.25) is 9.59 Å². The summed E-state index contributed by atoms with van der Waals surface area (Å²) in [4.78, 5) is 27.5. The zero-order valence-corrected chi connectivity index (χ0v) is 12.8. The van der Waals surface area contributed by atoms with Crippen molar-refractivity contribution in [3.8, 4) is 0 Å². The number of hydrogen-bond donors (Lipinski definition) is 2. The molecular formula is C14H19F3N2O3. The highest BCUT2D eigenvalue weighted by Crippen LogP contribution is 2.23. The van der Waals surface area contributed by atoms with Crippen LogP contribution in [0.4, 0.5) is 13.2 Å². The number of Topliss-reactive ketones (excluding diaryl/α,β-unsaturated/α-hetero) is 1. The Kier molecular flexibility index (Phi) is 5.39. The number of rotatable bonds is 5. The summed E-state index contributed by atoms with van der Waals surface area (Å²) in [5.74, 6) is -0.918. The predicted molar refractivity (Wildman–Crippen MR) is 73.9 cm³/mol. The zero-order chi connectivity index (χ0) is 17.2. The number of aromatic amines is 1. The Morgan fingerprint density at radius 3 is 2.32 bits per heavy atom. The second-order valence-electron chi connectivity index (χ2n) is 5.13. The van der Waals surface area contributed by atoms with Crippen LogP contribution in [-0.2, 0) is 6.42 Å². The number of carbonyl (C=O) groups is 2. The van der Waals surface area contributed by atoms with Crippen LogP contribution in [0.3, 0.4) is 0 Å². The third kappa shape index (κ3) is 3.68. The first-order valence-electron chi connectivity index (χ1n) is 6.73. The highest BCUT2D eigenvalue weighted by atomic mass is 19.4. The zero-order valence-electron chi connectivity index (χ0n) is 12.8. The van der Waals surface area contributed by atoms with Crippen molar-refractivity contribution < 1.29 is 27.9 Å². The van der Waals surface area contributed by atoms with Gasteiger partial charge in [0.2, 0.25) is 0 Å². The molecule has 1 unspecified atom stereocenters. The molecule has 5 nitrogen and oxygen atoms in total. The van der Waals surface area contributed by atoms with Crippen molar-refractivity contribution in [1.82, 2.24) is 9.88 Å². The van der Waals surface area contributed by atoms with Crippen LogP contribution in [0.5, 0.6) is 0 Å². The summed E-state index contributed by atoms with van der Waals surface area (Å²) in [7, 11) is 1.17. The van der Waals surface area contributed by atoms with Crippen LogP contribution in [0.1, 0.15) is 46.0 Å². The van der Waals surface area contributed by atoms with Gasteiger partial charge < -0.3 is 15.0 Å². The van der Waals surface area contributed by atoms with Gasteiger partial charge in [0.15, 0.2) is 11.9 Å². The summed E-state index contributed by atoms with van der Waals surface area (Å²) in [6.07, 6.45) is -7.02. The number of carbonyl (C=O) groups excluding carboxylic acids is 2. The topological polar surface area (TPSA) is 73.4 Å². The van der Waals surface area contributed by atoms with E-state index in [4.69, 9.17) is 5.11 Å². The number of likely N-dealkylation sites (N-methyl/N-ethyl adjacent to an activating group) is 1. The fraction of sp³-hybridized carbons (Fsp3) is 0.571. The second kappa shape index (κ2) is 6.51. The lowest BCUT2D eigenvalue weighted by atomic mass is 10.0. The summed E-state index contributed by atoms with van der Waals surface area (Å²) in [6.45, 7) is 3.85. The van der Waals surface area contributed by atoms with Crippen LogP contribution in [0.2, 0.25) is 0 Å². The van der Waals surface area contributed by atoms with Gasteiger partial charge >= 0.3 is 6.18 Å². The number of aryl methyl sites for hydroxylation is 1. The first-order chi connectivity index (χ1) is 10.0. The molecule has 1 heterocycles. The Morgan fingerprint density at radius 1 is 1.36 bits per heavy atom. The van der Waals surface area contributed by atoms with Crippen molar-refractivity contribution in [3.05, 3.63) is 22.5 Å². The molecule has 124 valence electrons. The van der Waals surface area contributed by atoms with Gasteiger partial charge in [-0.05, 0) is 25.8 Å². The average molecular weight is 320 g/mol. The van der Waals surface area contributed by atoms with Gasteiger partial charge in [0, 0.05) is 18.3 Å². The number of nitrogens with one attached hydrogen (secondary N) is 1. The Morgan fingerprint density at radius 2 is 1.91 bits per heavy atom. The number of nitrogens with zero attached hydrogens (tertiary/aromatic N) is 1. The summed E-state index contributed by atoms with van der Waals surface area (Å²) in [5.41, 5.74) is 1.44. The SMILES string of the molecule is CCc1c(C(=O)N(C)CC(O)C(F)(F)F)[nH]c(C)c1C(C)=O. The molecule has 1 amide bonds. The molecule has 2 N–H and O–H groups in total. The second-order valence-corrected chi connectivity index (χ2v) is 5.13. The number of aliphatic hydroxyl groups is 1. The molecule has 0 aromatic carbocycles. The van der Waals surface area contributed by atoms with E-state index in [1.54, 1.807) is 13.8 Å². The van der Waals surface area contributed by atoms with Crippen molar-refractivity contribution in [3.63, 3.8) is 0 Å². The standard InChI is InChI=1S/C14H19F3N2O3/c1-5-9-11(8(3)20)7(2)18-12(9)13(22)19(4)6-10(21)14(15,16)17/h10,18,21H,5-6H2,1-4H3. The minimum absolute atomic E-state index is 0.0853. The smallest absolute Gasteiger partial charge is 0.382 e. The molecule has 0 saturated carbocycles. The molecule has 22 heavy (non-hydrogen) atoms. The number of H-pyrrole nitrogens is 1. The van der Waals surface area contributed by atoms with E-state index in [0.29, 0.717) is 23.2 Å². The third-order valence-electron chi connectivity index (χ3n) is 3.38. The molecule has 1 atom stereocenters. The first kappa shape index (κ1) is 18.2. The van der Waals surface area contributed by atoms with E-state index in [-0.39, 0.29) is 11.5 Å². The van der Waals surface area contributed by atoms with E-state index in [0.717, 1.165) is 4.90 Å². The molecule has 0 spiro atoms. The summed E-state index contributed by atoms with van der Waals surface area (Å²) >= 11 is 0. The maximum Gasteiger partial charge on any atom is 0.416 e. The number of aliphatic hydroxyl groups excluding tert-OH is 1. The van der Waals surface area contributed by atoms with Crippen LogP contribution in [0.25, 0.3) is 0 Å². The summed E-state index contributed by atoms with van der Waals surface area (Å²) in [6, 6.07) is 0. The van der Waals surface area contributed by atoms with E-state index in [1.807, 2.05) is 0 Å². The fourth-order valence-electron chi connectivity index (χ4n) is 2.33. The average Bonchev–Trinajstić information content (AvgIpc) is 2.73. The van der Waals surface area contributed by atoms with Crippen LogP contribution in [0, 0.1) is 6.92 Å². The van der Waals surface area contributed by atoms with Gasteiger partial charge in [-0.15, -0.1) is 0 Å². The van der Waals surface area contributed by atoms with Gasteiger partial charge in [0.05, 0.1) is 6.54 Å². The maximum atomic E-state index is 12.4. The molecule has 0 radical (unpaired) electrons. The van der Waals surface area contributed by atoms with E-state index >= 15 is 0 Å². The summed E-state index contributed by atoms with van der Waals surface area (Å²) < 4.78 is 37.1. The van der Waals surface area contributed by atoms with E-state index in [1.165, 1.54) is 14.0 Å². The van der Waals surface area contributed by atoms with Gasteiger partial charge in [-0.2, -0.15) is 13.2 Å². The van der Waals surface area contributed by atoms with Crippen LogP contribution < -0.4 is 0 Å². The van der Waals surface area contributed by atoms with Gasteiger partial charge in [0.1, 0.15) is 5.69 Å². The molecule has 1 rings (SSSR count). The Labute approximate surface area is 126 Å². The highest BCUT2D eigenvalue weighted by Gasteiger charge is 2.39. The van der Waals surface area contributed by atoms with Crippen molar-refractivity contribution >= 4 is 11.7 Å². The molecule has 0 aliphatic rings. The quantitative estimate of drug-likeness (QED) is 0.816. The van der Waals surface area contributed by atoms with Gasteiger partial charge in [-0.1, -0.05) is 6.92 Å². The molecule has 0 aliphatic carbocycles. The Balaban J connectivity index is 3.08. The molecule has 8 heteroatoms. The Hall–Kier alpha value is -1.83. The molecule has 0 aliphatic heterocycles. The number of hydrogen-bond acceptors (Lipinski definition) is 3. The van der Waals surface area contributed by atoms with Crippen molar-refractivity contribution in [2.24, 2.45) is 0 Å². The largest absolute Gasteiger partial charge is 0.416 e. The third-order valence-corrected chi connectivity index (χ3v) is 3.38. The minimum atomic E-state index is -4.79. The van der Waals surface area contributed by atoms with E-state index < -0.39 is 24.7 Å². The lowest BCUT2D eigenvalue weighted by Crippen LogP contribution is -2.42. The normalized spacial score (nSPS) is 13.1. The van der Waals surface area contributed by atoms with Gasteiger partial charge in [-0.25, -0.2) is 0 Å². The minimum Gasteiger partial charge on any atom is -0.382 e. The number of aromatic nitrogens is 1. The van der Waals surface area contributed by atoms with Crippen LogP contribution >= 0.6 is 0 Å². The van der Waals surface area contributed by atoms with Crippen molar-refractivity contribution in [2.45, 2.75) is 39.5 Å². The predicted octanol–water partition coefficient (Wildman–Crippen LogP) is 2.08. The molecule has 0 fully saturated rings. The van der Waals surface area contributed by atoms with Crippen LogP contribution in [0.15, 0.2) is 0 Å². The van der Waals surface area contributed by atoms with Crippen LogP contribution in [-0.4, -0.2) is 52.6 Å². The summed E-state index contributed by atoms with van der Waals surface area (Å²) in [5, 5.41) is 9.04. The lowest BCUT2D eigenvalue weighted by molar-refractivity contribution is -0.205. The molecular weight excluding hydrogens is 301 g/mol. The lowest BCUT2D eigenvalue weighted by Gasteiger charge is -2.22. The number of ketones is 1. The number of halogens is 3. The van der Waals surface area contributed by atoms with Crippen molar-refractivity contribution in [1.29, 1.82) is 0 Å². The highest BCUT2D eigenvalue weighted by molar-refractivity contribution is 6.02. The van der Waals surface area contributed by atoms with Gasteiger partial charge in [0.25, 0.3) is 5.91 Å². The fourth-order valence-corrected chi connectivity index (χ4v) is 2.33. The van der Waals surface area contributed by atoms with Crippen molar-refractivity contribution in [2.75, 3.05) is 13.6 Å². The maximum absolute atomic E-state index is 12.4. The molecule has 0 bridgehead atoms. The first-order valence-corrected chi connectivity index (χ1v) is 6.73. The Bertz CT molecular complexity index is 579. The molecule has 1 aromatic rings. The van der Waals surface area contributed by atoms with E-state index in [9.17, 15) is 22.8 Å². The van der Waals surface area contributed by atoms with E-state index in [2.05, 4.69) is 4.98 Å². The molecule has 1 aromatic heterocycles. The monoisotopic (exact) mass is 320 g/mol. The molecule has 0 saturated heterocycles. The number of alkyl halides is 3.